The summed E-state index contributed by atoms with van der Waals surface area (Å²) in [5.41, 5.74) is 3.23. The van der Waals surface area contributed by atoms with Gasteiger partial charge in [0.1, 0.15) is 11.8 Å². The van der Waals surface area contributed by atoms with E-state index in [0.29, 0.717) is 0 Å². The Balaban J connectivity index is 1.55. The molecule has 1 N–H and O–H groups in total. The number of hydrogen-bond donors (Lipinski definition) is 1. The molecule has 1 aromatic rings. The van der Waals surface area contributed by atoms with Crippen LogP contribution in [0, 0.1) is 36.0 Å². The summed E-state index contributed by atoms with van der Waals surface area (Å²) in [6, 6.07) is 4.27. The van der Waals surface area contributed by atoms with Gasteiger partial charge < -0.3 is 9.88 Å². The van der Waals surface area contributed by atoms with Gasteiger partial charge in [0.2, 0.25) is 0 Å². The molecule has 0 saturated heterocycles. The Hall–Kier alpha value is -1.27. The average molecular weight is 257 g/mol. The Morgan fingerprint density at radius 2 is 2.00 bits per heavy atom. The Kier molecular flexibility index (Phi) is 3.36. The lowest BCUT2D eigenvalue weighted by Crippen LogP contribution is -2.25. The van der Waals surface area contributed by atoms with Gasteiger partial charge in [-0.15, -0.1) is 0 Å². The summed E-state index contributed by atoms with van der Waals surface area (Å²) in [5, 5.41) is 12.7. The zero-order valence-electron chi connectivity index (χ0n) is 11.9. The number of rotatable bonds is 6. The van der Waals surface area contributed by atoms with Crippen molar-refractivity contribution in [1.29, 1.82) is 5.26 Å². The van der Waals surface area contributed by atoms with E-state index in [9.17, 15) is 0 Å². The summed E-state index contributed by atoms with van der Waals surface area (Å²) in [6.07, 6.45) is 5.80. The van der Waals surface area contributed by atoms with Gasteiger partial charge in [-0.05, 0) is 68.5 Å². The van der Waals surface area contributed by atoms with Gasteiger partial charge in [0.15, 0.2) is 0 Å². The highest BCUT2D eigenvalue weighted by Crippen LogP contribution is 2.48. The van der Waals surface area contributed by atoms with Crippen LogP contribution in [0.2, 0.25) is 0 Å². The average Bonchev–Trinajstić information content (AvgIpc) is 3.28. The Morgan fingerprint density at radius 1 is 1.37 bits per heavy atom. The highest BCUT2D eigenvalue weighted by atomic mass is 15.0. The first-order valence-corrected chi connectivity index (χ1v) is 7.46. The highest BCUT2D eigenvalue weighted by molar-refractivity contribution is 5.34. The molecule has 0 bridgehead atoms. The van der Waals surface area contributed by atoms with Crippen LogP contribution in [0.1, 0.15) is 42.6 Å². The molecular formula is C16H23N3. The largest absolute Gasteiger partial charge is 0.340 e. The molecule has 0 amide bonds. The van der Waals surface area contributed by atoms with Gasteiger partial charge in [0, 0.05) is 19.3 Å². The van der Waals surface area contributed by atoms with Crippen LogP contribution in [0.4, 0.5) is 0 Å². The third kappa shape index (κ3) is 2.69. The highest BCUT2D eigenvalue weighted by Gasteiger charge is 2.40. The van der Waals surface area contributed by atoms with Crippen LogP contribution in [0.15, 0.2) is 6.07 Å². The first-order chi connectivity index (χ1) is 9.20. The van der Waals surface area contributed by atoms with Crippen LogP contribution in [0.3, 0.4) is 0 Å². The molecule has 2 fully saturated rings. The molecule has 2 aliphatic rings. The number of nitrogens with zero attached hydrogens (tertiary/aromatic N) is 2. The lowest BCUT2D eigenvalue weighted by Gasteiger charge is -2.16. The normalized spacial score (nSPS) is 18.8. The smallest absolute Gasteiger partial charge is 0.120 e. The van der Waals surface area contributed by atoms with Gasteiger partial charge in [-0.2, -0.15) is 5.26 Å². The first kappa shape index (κ1) is 12.7. The molecule has 0 spiro atoms. The zero-order valence-corrected chi connectivity index (χ0v) is 11.9. The third-order valence-electron chi connectivity index (χ3n) is 4.91. The van der Waals surface area contributed by atoms with Gasteiger partial charge in [-0.3, -0.25) is 0 Å². The van der Waals surface area contributed by atoms with E-state index in [1.165, 1.54) is 36.9 Å². The van der Waals surface area contributed by atoms with Crippen molar-refractivity contribution >= 4 is 0 Å². The molecule has 3 heteroatoms. The van der Waals surface area contributed by atoms with Crippen molar-refractivity contribution in [3.8, 4) is 6.07 Å². The van der Waals surface area contributed by atoms with E-state index in [-0.39, 0.29) is 0 Å². The predicted molar refractivity (Wildman–Crippen MR) is 75.5 cm³/mol. The van der Waals surface area contributed by atoms with Crippen LogP contribution in [0.25, 0.3) is 0 Å². The summed E-state index contributed by atoms with van der Waals surface area (Å²) >= 11 is 0. The third-order valence-corrected chi connectivity index (χ3v) is 4.91. The monoisotopic (exact) mass is 257 g/mol. The maximum absolute atomic E-state index is 9.04. The van der Waals surface area contributed by atoms with E-state index in [4.69, 9.17) is 5.26 Å². The van der Waals surface area contributed by atoms with Crippen molar-refractivity contribution in [1.82, 2.24) is 9.88 Å². The standard InChI is InChI=1S/C16H23N3/c1-11-14(7-15(8-17)19(11)2)9-18-10-16(12-3-4-12)13-5-6-13/h7,12-13,16,18H,3-6,9-10H2,1-2H3. The van der Waals surface area contributed by atoms with Crippen molar-refractivity contribution in [3.63, 3.8) is 0 Å². The van der Waals surface area contributed by atoms with Gasteiger partial charge >= 0.3 is 0 Å². The van der Waals surface area contributed by atoms with E-state index in [1.807, 2.05) is 17.7 Å². The summed E-state index contributed by atoms with van der Waals surface area (Å²) in [5.74, 6) is 2.93. The predicted octanol–water partition coefficient (Wildman–Crippen LogP) is 2.73. The number of nitrogens with one attached hydrogen (secondary N) is 1. The van der Waals surface area contributed by atoms with E-state index in [2.05, 4.69) is 18.3 Å². The van der Waals surface area contributed by atoms with Crippen molar-refractivity contribution in [2.24, 2.45) is 24.8 Å². The van der Waals surface area contributed by atoms with Crippen LogP contribution >= 0.6 is 0 Å². The minimum Gasteiger partial charge on any atom is -0.340 e. The fourth-order valence-electron chi connectivity index (χ4n) is 3.19. The van der Waals surface area contributed by atoms with Gasteiger partial charge in [0.25, 0.3) is 0 Å². The molecule has 3 rings (SSSR count). The van der Waals surface area contributed by atoms with Crippen LogP contribution < -0.4 is 5.32 Å². The molecule has 1 aromatic heterocycles. The molecule has 0 atom stereocenters. The number of nitriles is 1. The Morgan fingerprint density at radius 3 is 2.47 bits per heavy atom. The Bertz CT molecular complexity index is 489. The summed E-state index contributed by atoms with van der Waals surface area (Å²) in [7, 11) is 1.97. The Labute approximate surface area is 115 Å². The lowest BCUT2D eigenvalue weighted by molar-refractivity contribution is 0.378. The maximum atomic E-state index is 9.04. The van der Waals surface area contributed by atoms with Gasteiger partial charge in [-0.25, -0.2) is 0 Å². The molecule has 2 aliphatic carbocycles. The molecule has 0 aliphatic heterocycles. The molecule has 0 unspecified atom stereocenters. The summed E-state index contributed by atoms with van der Waals surface area (Å²) in [6.45, 7) is 4.15. The molecule has 0 aromatic carbocycles. The molecule has 19 heavy (non-hydrogen) atoms. The van der Waals surface area contributed by atoms with Crippen LogP contribution in [0.5, 0.6) is 0 Å². The van der Waals surface area contributed by atoms with E-state index < -0.39 is 0 Å². The van der Waals surface area contributed by atoms with Crippen molar-refractivity contribution < 1.29 is 0 Å². The molecule has 1 heterocycles. The second-order valence-electron chi connectivity index (χ2n) is 6.28. The van der Waals surface area contributed by atoms with Gasteiger partial charge in [-0.1, -0.05) is 0 Å². The fourth-order valence-corrected chi connectivity index (χ4v) is 3.19. The topological polar surface area (TPSA) is 40.8 Å². The van der Waals surface area contributed by atoms with Crippen molar-refractivity contribution in [2.75, 3.05) is 6.54 Å². The second-order valence-corrected chi connectivity index (χ2v) is 6.28. The van der Waals surface area contributed by atoms with Crippen LogP contribution in [-0.4, -0.2) is 11.1 Å². The van der Waals surface area contributed by atoms with E-state index >= 15 is 0 Å². The zero-order chi connectivity index (χ0) is 13.4. The molecule has 3 nitrogen and oxygen atoms in total. The summed E-state index contributed by atoms with van der Waals surface area (Å²) in [4.78, 5) is 0. The molecule has 0 radical (unpaired) electrons. The quantitative estimate of drug-likeness (QED) is 0.851. The minimum absolute atomic E-state index is 0.759. The maximum Gasteiger partial charge on any atom is 0.120 e. The lowest BCUT2D eigenvalue weighted by atomic mass is 9.98. The molecule has 102 valence electrons. The molecular weight excluding hydrogens is 234 g/mol. The fraction of sp³-hybridized carbons (Fsp3) is 0.688. The number of hydrogen-bond acceptors (Lipinski definition) is 2. The first-order valence-electron chi connectivity index (χ1n) is 7.46. The summed E-state index contributed by atoms with van der Waals surface area (Å²) < 4.78 is 1.98. The van der Waals surface area contributed by atoms with Crippen LogP contribution in [-0.2, 0) is 13.6 Å². The van der Waals surface area contributed by atoms with E-state index in [1.54, 1.807) is 0 Å². The molecule has 2 saturated carbocycles. The van der Waals surface area contributed by atoms with Crippen molar-refractivity contribution in [3.05, 3.63) is 23.0 Å². The SMILES string of the molecule is Cc1c(CNCC(C2CC2)C2CC2)cc(C#N)n1C. The minimum atomic E-state index is 0.759. The number of aromatic nitrogens is 1. The van der Waals surface area contributed by atoms with Gasteiger partial charge in [0.05, 0.1) is 0 Å². The van der Waals surface area contributed by atoms with E-state index in [0.717, 1.165) is 36.5 Å². The van der Waals surface area contributed by atoms with Crippen molar-refractivity contribution in [2.45, 2.75) is 39.2 Å². The second kappa shape index (κ2) is 5.02.